The molecule has 3 atom stereocenters. The molecule has 0 aromatic heterocycles. The van der Waals surface area contributed by atoms with Crippen molar-refractivity contribution < 1.29 is 4.79 Å². The number of carbonyl (C=O) groups excluding carboxylic acids is 1. The molecule has 0 aromatic rings. The van der Waals surface area contributed by atoms with E-state index in [1.54, 1.807) is 0 Å². The van der Waals surface area contributed by atoms with E-state index in [1.165, 1.54) is 25.7 Å². The predicted octanol–water partition coefficient (Wildman–Crippen LogP) is 1.45. The van der Waals surface area contributed by atoms with E-state index >= 15 is 0 Å². The highest BCUT2D eigenvalue weighted by molar-refractivity contribution is 5.79. The number of likely N-dealkylation sites (N-methyl/N-ethyl adjacent to an activating group) is 2. The minimum atomic E-state index is 0.0548. The monoisotopic (exact) mass is 267 g/mol. The first-order chi connectivity index (χ1) is 9.09. The summed E-state index contributed by atoms with van der Waals surface area (Å²) in [5.41, 5.74) is 6.20. The number of rotatable bonds is 3. The normalized spacial score (nSPS) is 33.1. The van der Waals surface area contributed by atoms with Gasteiger partial charge in [-0.25, -0.2) is 0 Å². The van der Waals surface area contributed by atoms with Crippen LogP contribution in [0.3, 0.4) is 0 Å². The van der Waals surface area contributed by atoms with Crippen molar-refractivity contribution in [2.45, 2.75) is 57.0 Å². The summed E-state index contributed by atoms with van der Waals surface area (Å²) in [4.78, 5) is 16.9. The van der Waals surface area contributed by atoms with Crippen LogP contribution < -0.4 is 5.73 Å². The van der Waals surface area contributed by atoms with Crippen LogP contribution in [0.15, 0.2) is 0 Å². The standard InChI is InChI=1S/C15H29N3O/c1-17-10-6-7-12(17)11-18(2)15(19)13-8-4-3-5-9-14(13)16/h12-14H,3-11,16H2,1-2H3. The Hall–Kier alpha value is -0.610. The molecule has 1 saturated carbocycles. The van der Waals surface area contributed by atoms with Crippen LogP contribution in [0.1, 0.15) is 44.9 Å². The minimum Gasteiger partial charge on any atom is -0.344 e. The lowest BCUT2D eigenvalue weighted by molar-refractivity contribution is -0.135. The topological polar surface area (TPSA) is 49.6 Å². The molecule has 1 heterocycles. The maximum atomic E-state index is 12.6. The van der Waals surface area contributed by atoms with Crippen LogP contribution >= 0.6 is 0 Å². The summed E-state index contributed by atoms with van der Waals surface area (Å²) in [6.07, 6.45) is 8.02. The van der Waals surface area contributed by atoms with Gasteiger partial charge in [0.05, 0.1) is 5.92 Å². The fourth-order valence-corrected chi connectivity index (χ4v) is 3.54. The third kappa shape index (κ3) is 3.69. The van der Waals surface area contributed by atoms with Gasteiger partial charge in [-0.15, -0.1) is 0 Å². The first-order valence-electron chi connectivity index (χ1n) is 7.80. The molecule has 0 bridgehead atoms. The third-order valence-corrected chi connectivity index (χ3v) is 4.92. The van der Waals surface area contributed by atoms with Gasteiger partial charge in [0, 0.05) is 25.7 Å². The molecule has 3 unspecified atom stereocenters. The Morgan fingerprint density at radius 1 is 1.21 bits per heavy atom. The molecule has 2 rings (SSSR count). The smallest absolute Gasteiger partial charge is 0.227 e. The lowest BCUT2D eigenvalue weighted by atomic mass is 9.94. The van der Waals surface area contributed by atoms with E-state index in [0.717, 1.165) is 32.4 Å². The summed E-state index contributed by atoms with van der Waals surface area (Å²) in [7, 11) is 4.11. The quantitative estimate of drug-likeness (QED) is 0.787. The summed E-state index contributed by atoms with van der Waals surface area (Å²) in [5, 5.41) is 0. The highest BCUT2D eigenvalue weighted by Gasteiger charge is 2.31. The van der Waals surface area contributed by atoms with Crippen molar-refractivity contribution in [2.75, 3.05) is 27.2 Å². The Morgan fingerprint density at radius 3 is 2.63 bits per heavy atom. The zero-order valence-corrected chi connectivity index (χ0v) is 12.5. The van der Waals surface area contributed by atoms with Crippen LogP contribution in [0.25, 0.3) is 0 Å². The van der Waals surface area contributed by atoms with Gasteiger partial charge in [0.1, 0.15) is 0 Å². The molecular formula is C15H29N3O. The zero-order chi connectivity index (χ0) is 13.8. The van der Waals surface area contributed by atoms with Crippen LogP contribution in [0.4, 0.5) is 0 Å². The summed E-state index contributed by atoms with van der Waals surface area (Å²) in [5.74, 6) is 0.328. The maximum absolute atomic E-state index is 12.6. The SMILES string of the molecule is CN(CC1CCCN1C)C(=O)C1CCCCCC1N. The molecule has 1 saturated heterocycles. The lowest BCUT2D eigenvalue weighted by Gasteiger charge is -2.30. The molecular weight excluding hydrogens is 238 g/mol. The van der Waals surface area contributed by atoms with Gasteiger partial charge < -0.3 is 15.5 Å². The Morgan fingerprint density at radius 2 is 1.95 bits per heavy atom. The van der Waals surface area contributed by atoms with Crippen LogP contribution in [0, 0.1) is 5.92 Å². The average molecular weight is 267 g/mol. The first kappa shape index (κ1) is 14.8. The fraction of sp³-hybridized carbons (Fsp3) is 0.933. The van der Waals surface area contributed by atoms with Crippen molar-refractivity contribution in [1.29, 1.82) is 0 Å². The van der Waals surface area contributed by atoms with Crippen molar-refractivity contribution in [3.05, 3.63) is 0 Å². The molecule has 2 aliphatic rings. The lowest BCUT2D eigenvalue weighted by Crippen LogP contribution is -2.46. The minimum absolute atomic E-state index is 0.0548. The van der Waals surface area contributed by atoms with E-state index in [2.05, 4.69) is 11.9 Å². The van der Waals surface area contributed by atoms with E-state index < -0.39 is 0 Å². The molecule has 1 aliphatic heterocycles. The molecule has 1 aliphatic carbocycles. The molecule has 2 fully saturated rings. The van der Waals surface area contributed by atoms with Crippen molar-refractivity contribution in [2.24, 2.45) is 11.7 Å². The van der Waals surface area contributed by atoms with Crippen molar-refractivity contribution >= 4 is 5.91 Å². The molecule has 2 N–H and O–H groups in total. The predicted molar refractivity (Wildman–Crippen MR) is 77.8 cm³/mol. The Bertz CT molecular complexity index is 308. The Kier molecular flexibility index (Phi) is 5.22. The molecule has 19 heavy (non-hydrogen) atoms. The van der Waals surface area contributed by atoms with E-state index in [9.17, 15) is 4.79 Å². The van der Waals surface area contributed by atoms with E-state index in [1.807, 2.05) is 11.9 Å². The number of hydrogen-bond acceptors (Lipinski definition) is 3. The number of carbonyl (C=O) groups is 1. The van der Waals surface area contributed by atoms with Crippen LogP contribution in [0.5, 0.6) is 0 Å². The van der Waals surface area contributed by atoms with Gasteiger partial charge in [0.15, 0.2) is 0 Å². The second-order valence-electron chi connectivity index (χ2n) is 6.40. The van der Waals surface area contributed by atoms with E-state index in [-0.39, 0.29) is 17.9 Å². The van der Waals surface area contributed by atoms with Crippen molar-refractivity contribution in [1.82, 2.24) is 9.80 Å². The highest BCUT2D eigenvalue weighted by Crippen LogP contribution is 2.24. The molecule has 1 amide bonds. The molecule has 0 aromatic carbocycles. The fourth-order valence-electron chi connectivity index (χ4n) is 3.54. The van der Waals surface area contributed by atoms with Gasteiger partial charge in [-0.3, -0.25) is 4.79 Å². The second kappa shape index (κ2) is 6.71. The molecule has 4 heteroatoms. The number of nitrogens with zero attached hydrogens (tertiary/aromatic N) is 2. The maximum Gasteiger partial charge on any atom is 0.227 e. The van der Waals surface area contributed by atoms with E-state index in [4.69, 9.17) is 5.73 Å². The molecule has 4 nitrogen and oxygen atoms in total. The number of amides is 1. The van der Waals surface area contributed by atoms with Gasteiger partial charge >= 0.3 is 0 Å². The number of hydrogen-bond donors (Lipinski definition) is 1. The summed E-state index contributed by atoms with van der Waals surface area (Å²) < 4.78 is 0. The Labute approximate surface area is 117 Å². The van der Waals surface area contributed by atoms with Crippen LogP contribution in [-0.2, 0) is 4.79 Å². The van der Waals surface area contributed by atoms with Gasteiger partial charge in [-0.2, -0.15) is 0 Å². The van der Waals surface area contributed by atoms with Crippen molar-refractivity contribution in [3.8, 4) is 0 Å². The zero-order valence-electron chi connectivity index (χ0n) is 12.5. The molecule has 0 radical (unpaired) electrons. The van der Waals surface area contributed by atoms with Gasteiger partial charge in [-0.1, -0.05) is 19.3 Å². The van der Waals surface area contributed by atoms with Crippen molar-refractivity contribution in [3.63, 3.8) is 0 Å². The number of likely N-dealkylation sites (tertiary alicyclic amines) is 1. The Balaban J connectivity index is 1.89. The van der Waals surface area contributed by atoms with Gasteiger partial charge in [-0.05, 0) is 39.3 Å². The average Bonchev–Trinajstić information content (AvgIpc) is 2.66. The summed E-state index contributed by atoms with van der Waals surface area (Å²) in [6, 6.07) is 0.606. The first-order valence-corrected chi connectivity index (χ1v) is 7.80. The molecule has 0 spiro atoms. The van der Waals surface area contributed by atoms with Gasteiger partial charge in [0.25, 0.3) is 0 Å². The highest BCUT2D eigenvalue weighted by atomic mass is 16.2. The third-order valence-electron chi connectivity index (χ3n) is 4.92. The summed E-state index contributed by atoms with van der Waals surface area (Å²) in [6.45, 7) is 2.02. The van der Waals surface area contributed by atoms with E-state index in [0.29, 0.717) is 6.04 Å². The van der Waals surface area contributed by atoms with Crippen LogP contribution in [-0.4, -0.2) is 55.0 Å². The molecule has 110 valence electrons. The largest absolute Gasteiger partial charge is 0.344 e. The second-order valence-corrected chi connectivity index (χ2v) is 6.40. The van der Waals surface area contributed by atoms with Crippen LogP contribution in [0.2, 0.25) is 0 Å². The van der Waals surface area contributed by atoms with Gasteiger partial charge in [0.2, 0.25) is 5.91 Å². The summed E-state index contributed by atoms with van der Waals surface area (Å²) >= 11 is 0. The number of nitrogens with two attached hydrogens (primary N) is 1.